The summed E-state index contributed by atoms with van der Waals surface area (Å²) in [5.41, 5.74) is 0.962. The van der Waals surface area contributed by atoms with Crippen LogP contribution in [0.15, 0.2) is 29.8 Å². The molecule has 2 rings (SSSR count). The molecule has 0 aliphatic heterocycles. The number of hydrogen-bond donors (Lipinski definition) is 1. The number of nitrogens with one attached hydrogen (secondary N) is 1. The lowest BCUT2D eigenvalue weighted by Crippen LogP contribution is -2.41. The molecular formula is C19H24N2O2. The lowest BCUT2D eigenvalue weighted by atomic mass is 9.86. The van der Waals surface area contributed by atoms with Crippen molar-refractivity contribution in [1.29, 1.82) is 5.26 Å². The maximum absolute atomic E-state index is 12.3. The third kappa shape index (κ3) is 4.85. The van der Waals surface area contributed by atoms with Crippen molar-refractivity contribution in [3.63, 3.8) is 0 Å². The van der Waals surface area contributed by atoms with Gasteiger partial charge in [0, 0.05) is 6.04 Å². The fraction of sp³-hybridized carbons (Fsp3) is 0.474. The highest BCUT2D eigenvalue weighted by Gasteiger charge is 2.23. The third-order valence-electron chi connectivity index (χ3n) is 4.30. The van der Waals surface area contributed by atoms with Gasteiger partial charge in [-0.25, -0.2) is 0 Å². The fourth-order valence-corrected chi connectivity index (χ4v) is 2.92. The third-order valence-corrected chi connectivity index (χ3v) is 4.30. The second-order valence-corrected chi connectivity index (χ2v) is 6.01. The maximum atomic E-state index is 12.3. The van der Waals surface area contributed by atoms with Crippen LogP contribution >= 0.6 is 0 Å². The lowest BCUT2D eigenvalue weighted by molar-refractivity contribution is -0.118. The number of amides is 1. The Balaban J connectivity index is 2.05. The van der Waals surface area contributed by atoms with Crippen molar-refractivity contribution in [1.82, 2.24) is 5.32 Å². The predicted octanol–water partition coefficient (Wildman–Crippen LogP) is 3.69. The van der Waals surface area contributed by atoms with Crippen LogP contribution in [0.2, 0.25) is 0 Å². The summed E-state index contributed by atoms with van der Waals surface area (Å²) in [6.45, 7) is 4.70. The Morgan fingerprint density at radius 2 is 2.04 bits per heavy atom. The average Bonchev–Trinajstić information content (AvgIpc) is 2.56. The van der Waals surface area contributed by atoms with E-state index in [-0.39, 0.29) is 17.5 Å². The first-order valence-corrected chi connectivity index (χ1v) is 8.29. The number of hydrogen-bond acceptors (Lipinski definition) is 3. The van der Waals surface area contributed by atoms with Gasteiger partial charge in [-0.1, -0.05) is 31.9 Å². The number of nitriles is 1. The van der Waals surface area contributed by atoms with Crippen LogP contribution < -0.4 is 10.1 Å². The molecule has 1 aromatic rings. The van der Waals surface area contributed by atoms with Crippen LogP contribution in [-0.4, -0.2) is 18.6 Å². The van der Waals surface area contributed by atoms with Gasteiger partial charge in [0.25, 0.3) is 5.91 Å². The molecule has 23 heavy (non-hydrogen) atoms. The summed E-state index contributed by atoms with van der Waals surface area (Å²) in [5.74, 6) is 0.974. The molecule has 2 atom stereocenters. The summed E-state index contributed by atoms with van der Waals surface area (Å²) in [5, 5.41) is 12.3. The van der Waals surface area contributed by atoms with Crippen LogP contribution in [-0.2, 0) is 4.79 Å². The number of carbonyl (C=O) groups is 1. The van der Waals surface area contributed by atoms with E-state index in [2.05, 4.69) is 12.2 Å². The van der Waals surface area contributed by atoms with Gasteiger partial charge < -0.3 is 10.1 Å². The van der Waals surface area contributed by atoms with Crippen molar-refractivity contribution in [2.45, 2.75) is 45.6 Å². The molecule has 1 saturated carbocycles. The molecule has 0 heterocycles. The van der Waals surface area contributed by atoms with Crippen LogP contribution in [0.5, 0.6) is 5.75 Å². The number of rotatable bonds is 5. The summed E-state index contributed by atoms with van der Waals surface area (Å²) in [4.78, 5) is 12.3. The van der Waals surface area contributed by atoms with Crippen molar-refractivity contribution in [3.8, 4) is 11.8 Å². The first-order valence-electron chi connectivity index (χ1n) is 8.29. The molecule has 4 nitrogen and oxygen atoms in total. The minimum Gasteiger partial charge on any atom is -0.494 e. The molecular weight excluding hydrogens is 288 g/mol. The second-order valence-electron chi connectivity index (χ2n) is 6.01. The van der Waals surface area contributed by atoms with E-state index in [4.69, 9.17) is 4.74 Å². The minimum absolute atomic E-state index is 0.145. The van der Waals surface area contributed by atoms with Crippen LogP contribution in [0.25, 0.3) is 6.08 Å². The molecule has 0 radical (unpaired) electrons. The van der Waals surface area contributed by atoms with Gasteiger partial charge >= 0.3 is 0 Å². The fourth-order valence-electron chi connectivity index (χ4n) is 2.92. The van der Waals surface area contributed by atoms with Crippen molar-refractivity contribution >= 4 is 12.0 Å². The van der Waals surface area contributed by atoms with E-state index in [0.717, 1.165) is 30.6 Å². The van der Waals surface area contributed by atoms with Crippen LogP contribution in [0, 0.1) is 17.2 Å². The maximum Gasteiger partial charge on any atom is 0.262 e. The predicted molar refractivity (Wildman–Crippen MR) is 90.8 cm³/mol. The topological polar surface area (TPSA) is 62.1 Å². The Bertz CT molecular complexity index is 599. The Morgan fingerprint density at radius 3 is 2.65 bits per heavy atom. The van der Waals surface area contributed by atoms with Crippen molar-refractivity contribution in [2.75, 3.05) is 6.61 Å². The summed E-state index contributed by atoms with van der Waals surface area (Å²) in [6, 6.07) is 9.56. The van der Waals surface area contributed by atoms with E-state index in [0.29, 0.717) is 12.5 Å². The zero-order valence-electron chi connectivity index (χ0n) is 13.8. The molecule has 4 heteroatoms. The summed E-state index contributed by atoms with van der Waals surface area (Å²) in [6.07, 6.45) is 6.11. The van der Waals surface area contributed by atoms with E-state index < -0.39 is 0 Å². The van der Waals surface area contributed by atoms with Crippen LogP contribution in [0.3, 0.4) is 0 Å². The minimum atomic E-state index is -0.278. The number of ether oxygens (including phenoxy) is 1. The van der Waals surface area contributed by atoms with Gasteiger partial charge in [0.15, 0.2) is 0 Å². The molecule has 0 unspecified atom stereocenters. The largest absolute Gasteiger partial charge is 0.494 e. The molecule has 122 valence electrons. The van der Waals surface area contributed by atoms with Gasteiger partial charge in [0.05, 0.1) is 6.61 Å². The first kappa shape index (κ1) is 17.1. The average molecular weight is 312 g/mol. The Kier molecular flexibility index (Phi) is 6.22. The van der Waals surface area contributed by atoms with Crippen molar-refractivity contribution in [3.05, 3.63) is 35.4 Å². The summed E-state index contributed by atoms with van der Waals surface area (Å²) >= 11 is 0. The summed E-state index contributed by atoms with van der Waals surface area (Å²) < 4.78 is 5.39. The Hall–Kier alpha value is -2.28. The van der Waals surface area contributed by atoms with Crippen molar-refractivity contribution < 1.29 is 9.53 Å². The highest BCUT2D eigenvalue weighted by molar-refractivity contribution is 6.01. The SMILES string of the molecule is CCOc1ccc(/C=C(\C#N)C(=O)N[C@@H]2CCCC[C@@H]2C)cc1. The van der Waals surface area contributed by atoms with E-state index in [9.17, 15) is 10.1 Å². The molecule has 1 fully saturated rings. The lowest BCUT2D eigenvalue weighted by Gasteiger charge is -2.29. The van der Waals surface area contributed by atoms with Gasteiger partial charge in [-0.05, 0) is 49.5 Å². The van der Waals surface area contributed by atoms with Gasteiger partial charge in [0.1, 0.15) is 17.4 Å². The molecule has 1 aliphatic rings. The standard InChI is InChI=1S/C19H24N2O2/c1-3-23-17-10-8-15(9-11-17)12-16(13-20)19(22)21-18-7-5-4-6-14(18)2/h8-12,14,18H,3-7H2,1-2H3,(H,21,22)/b16-12+/t14-,18+/m0/s1. The van der Waals surface area contributed by atoms with Crippen molar-refractivity contribution in [2.24, 2.45) is 5.92 Å². The zero-order chi connectivity index (χ0) is 16.7. The molecule has 1 N–H and O–H groups in total. The van der Waals surface area contributed by atoms with E-state index in [1.165, 1.54) is 6.42 Å². The molecule has 1 aliphatic carbocycles. The van der Waals surface area contributed by atoms with Gasteiger partial charge in [-0.15, -0.1) is 0 Å². The van der Waals surface area contributed by atoms with E-state index in [1.54, 1.807) is 6.08 Å². The van der Waals surface area contributed by atoms with Crippen LogP contribution in [0.1, 0.15) is 45.1 Å². The molecule has 1 amide bonds. The monoisotopic (exact) mass is 312 g/mol. The smallest absolute Gasteiger partial charge is 0.262 e. The normalized spacial score (nSPS) is 21.3. The highest BCUT2D eigenvalue weighted by Crippen LogP contribution is 2.24. The number of carbonyl (C=O) groups excluding carboxylic acids is 1. The molecule has 1 aromatic carbocycles. The molecule has 0 aromatic heterocycles. The van der Waals surface area contributed by atoms with Gasteiger partial charge in [0.2, 0.25) is 0 Å². The zero-order valence-corrected chi connectivity index (χ0v) is 13.8. The van der Waals surface area contributed by atoms with Gasteiger partial charge in [-0.2, -0.15) is 5.26 Å². The van der Waals surface area contributed by atoms with E-state index >= 15 is 0 Å². The first-order chi connectivity index (χ1) is 11.1. The summed E-state index contributed by atoms with van der Waals surface area (Å²) in [7, 11) is 0. The number of benzene rings is 1. The quantitative estimate of drug-likeness (QED) is 0.666. The second kappa shape index (κ2) is 8.38. The Morgan fingerprint density at radius 1 is 1.35 bits per heavy atom. The highest BCUT2D eigenvalue weighted by atomic mass is 16.5. The van der Waals surface area contributed by atoms with E-state index in [1.807, 2.05) is 37.3 Å². The van der Waals surface area contributed by atoms with Crippen LogP contribution in [0.4, 0.5) is 0 Å². The molecule has 0 spiro atoms. The Labute approximate surface area is 138 Å². The molecule has 0 saturated heterocycles. The van der Waals surface area contributed by atoms with Gasteiger partial charge in [-0.3, -0.25) is 4.79 Å². The number of nitrogens with zero attached hydrogens (tertiary/aromatic N) is 1. The molecule has 0 bridgehead atoms.